The molecule has 124 valence electrons. The number of rotatable bonds is 5. The van der Waals surface area contributed by atoms with Crippen molar-refractivity contribution in [2.75, 3.05) is 0 Å². The highest BCUT2D eigenvalue weighted by atomic mass is 35.5. The average molecular weight is 346 g/mol. The summed E-state index contributed by atoms with van der Waals surface area (Å²) < 4.78 is 18.6. The van der Waals surface area contributed by atoms with Crippen molar-refractivity contribution >= 4 is 11.6 Å². The molecule has 6 heteroatoms. The molecule has 0 aliphatic rings. The number of aryl methyl sites for hydroxylation is 1. The van der Waals surface area contributed by atoms with Crippen molar-refractivity contribution < 1.29 is 8.91 Å². The highest BCUT2D eigenvalue weighted by molar-refractivity contribution is 6.30. The van der Waals surface area contributed by atoms with E-state index in [1.165, 1.54) is 6.07 Å². The molecule has 0 saturated heterocycles. The van der Waals surface area contributed by atoms with E-state index in [-0.39, 0.29) is 11.9 Å². The highest BCUT2D eigenvalue weighted by Gasteiger charge is 2.14. The topological polar surface area (TPSA) is 51.0 Å². The Morgan fingerprint density at radius 1 is 1.21 bits per heavy atom. The first-order valence-electron chi connectivity index (χ1n) is 7.61. The standard InChI is InChI=1S/C18H17ClFN3O/c1-11-9-13(3-8-16(11)20)10-21-12(2)17-22-18(24-23-17)14-4-6-15(19)7-5-14/h3-9,12,21H,10H2,1-2H3/t12-/m1/s1. The third kappa shape index (κ3) is 3.80. The Hall–Kier alpha value is -2.24. The molecule has 3 aromatic rings. The van der Waals surface area contributed by atoms with E-state index in [0.29, 0.717) is 28.8 Å². The van der Waals surface area contributed by atoms with Gasteiger partial charge in [0.1, 0.15) is 5.82 Å². The average Bonchev–Trinajstić information content (AvgIpc) is 3.06. The van der Waals surface area contributed by atoms with Crippen LogP contribution in [-0.4, -0.2) is 10.1 Å². The van der Waals surface area contributed by atoms with Crippen molar-refractivity contribution in [2.24, 2.45) is 0 Å². The summed E-state index contributed by atoms with van der Waals surface area (Å²) in [5.41, 5.74) is 2.45. The lowest BCUT2D eigenvalue weighted by Gasteiger charge is -2.10. The fraction of sp³-hybridized carbons (Fsp3) is 0.222. The van der Waals surface area contributed by atoms with Crippen molar-refractivity contribution in [3.8, 4) is 11.5 Å². The van der Waals surface area contributed by atoms with Gasteiger partial charge in [-0.05, 0) is 55.3 Å². The van der Waals surface area contributed by atoms with Crippen LogP contribution in [0, 0.1) is 12.7 Å². The minimum Gasteiger partial charge on any atom is -0.334 e. The van der Waals surface area contributed by atoms with Crippen LogP contribution < -0.4 is 5.32 Å². The van der Waals surface area contributed by atoms with Gasteiger partial charge in [-0.2, -0.15) is 4.98 Å². The van der Waals surface area contributed by atoms with Gasteiger partial charge in [-0.3, -0.25) is 0 Å². The number of aromatic nitrogens is 2. The molecular formula is C18H17ClFN3O. The number of nitrogens with zero attached hydrogens (tertiary/aromatic N) is 2. The van der Waals surface area contributed by atoms with Gasteiger partial charge in [-0.15, -0.1) is 0 Å². The maximum atomic E-state index is 13.3. The minimum absolute atomic E-state index is 0.0971. The lowest BCUT2D eigenvalue weighted by molar-refractivity contribution is 0.409. The second-order valence-electron chi connectivity index (χ2n) is 5.65. The van der Waals surface area contributed by atoms with Gasteiger partial charge >= 0.3 is 0 Å². The smallest absolute Gasteiger partial charge is 0.257 e. The molecule has 0 saturated carbocycles. The summed E-state index contributed by atoms with van der Waals surface area (Å²) in [5.74, 6) is 0.823. The molecule has 1 aromatic heterocycles. The van der Waals surface area contributed by atoms with Crippen molar-refractivity contribution in [1.29, 1.82) is 0 Å². The molecule has 4 nitrogen and oxygen atoms in total. The molecular weight excluding hydrogens is 329 g/mol. The van der Waals surface area contributed by atoms with Gasteiger partial charge in [0.2, 0.25) is 0 Å². The molecule has 0 spiro atoms. The zero-order valence-corrected chi connectivity index (χ0v) is 14.1. The molecule has 1 N–H and O–H groups in total. The van der Waals surface area contributed by atoms with E-state index in [1.807, 2.05) is 25.1 Å². The van der Waals surface area contributed by atoms with Crippen molar-refractivity contribution in [3.63, 3.8) is 0 Å². The molecule has 0 unspecified atom stereocenters. The Bertz CT molecular complexity index is 833. The van der Waals surface area contributed by atoms with E-state index in [1.54, 1.807) is 25.1 Å². The normalized spacial score (nSPS) is 12.3. The van der Waals surface area contributed by atoms with E-state index in [2.05, 4.69) is 15.5 Å². The summed E-state index contributed by atoms with van der Waals surface area (Å²) in [6.45, 7) is 4.29. The van der Waals surface area contributed by atoms with E-state index in [4.69, 9.17) is 16.1 Å². The maximum absolute atomic E-state index is 13.3. The van der Waals surface area contributed by atoms with Crippen LogP contribution in [0.25, 0.3) is 11.5 Å². The zero-order chi connectivity index (χ0) is 17.1. The SMILES string of the molecule is Cc1cc(CN[C@H](C)c2noc(-c3ccc(Cl)cc3)n2)ccc1F. The number of halogens is 2. The van der Waals surface area contributed by atoms with Crippen LogP contribution in [0.1, 0.15) is 29.9 Å². The molecule has 0 amide bonds. The Kier molecular flexibility index (Phi) is 4.92. The molecule has 0 aliphatic heterocycles. The molecule has 0 fully saturated rings. The third-order valence-corrected chi connectivity index (χ3v) is 4.01. The Morgan fingerprint density at radius 2 is 1.96 bits per heavy atom. The van der Waals surface area contributed by atoms with E-state index in [0.717, 1.165) is 11.1 Å². The van der Waals surface area contributed by atoms with Gasteiger partial charge in [0, 0.05) is 17.1 Å². The van der Waals surface area contributed by atoms with Gasteiger partial charge < -0.3 is 9.84 Å². The summed E-state index contributed by atoms with van der Waals surface area (Å²) in [6.07, 6.45) is 0. The van der Waals surface area contributed by atoms with E-state index >= 15 is 0 Å². The van der Waals surface area contributed by atoms with Gasteiger partial charge in [0.15, 0.2) is 5.82 Å². The molecule has 3 rings (SSSR count). The van der Waals surface area contributed by atoms with Gasteiger partial charge in [0.25, 0.3) is 5.89 Å². The molecule has 1 atom stereocenters. The molecule has 2 aromatic carbocycles. The van der Waals surface area contributed by atoms with Crippen LogP contribution in [0.4, 0.5) is 4.39 Å². The van der Waals surface area contributed by atoms with Gasteiger partial charge in [0.05, 0.1) is 6.04 Å². The first kappa shape index (κ1) is 16.6. The second kappa shape index (κ2) is 7.11. The zero-order valence-electron chi connectivity index (χ0n) is 13.4. The van der Waals surface area contributed by atoms with E-state index < -0.39 is 0 Å². The fourth-order valence-electron chi connectivity index (χ4n) is 2.30. The van der Waals surface area contributed by atoms with Crippen molar-refractivity contribution in [2.45, 2.75) is 26.4 Å². The van der Waals surface area contributed by atoms with Crippen LogP contribution in [0.2, 0.25) is 5.02 Å². The molecule has 0 radical (unpaired) electrons. The summed E-state index contributed by atoms with van der Waals surface area (Å²) >= 11 is 5.87. The first-order chi connectivity index (χ1) is 11.5. The first-order valence-corrected chi connectivity index (χ1v) is 7.98. The summed E-state index contributed by atoms with van der Waals surface area (Å²) in [4.78, 5) is 4.41. The Balaban J connectivity index is 1.66. The summed E-state index contributed by atoms with van der Waals surface area (Å²) in [6, 6.07) is 12.2. The number of benzene rings is 2. The predicted molar refractivity (Wildman–Crippen MR) is 91.1 cm³/mol. The highest BCUT2D eigenvalue weighted by Crippen LogP contribution is 2.21. The summed E-state index contributed by atoms with van der Waals surface area (Å²) in [7, 11) is 0. The molecule has 0 aliphatic carbocycles. The third-order valence-electron chi connectivity index (χ3n) is 3.75. The van der Waals surface area contributed by atoms with Crippen molar-refractivity contribution in [3.05, 3.63) is 70.3 Å². The molecule has 0 bridgehead atoms. The number of nitrogens with one attached hydrogen (secondary N) is 1. The van der Waals surface area contributed by atoms with Gasteiger partial charge in [-0.1, -0.05) is 28.9 Å². The van der Waals surface area contributed by atoms with Gasteiger partial charge in [-0.25, -0.2) is 4.39 Å². The minimum atomic E-state index is -0.197. The van der Waals surface area contributed by atoms with Crippen LogP contribution in [0.15, 0.2) is 47.0 Å². The predicted octanol–water partition coefficient (Wildman–Crippen LogP) is 4.69. The second-order valence-corrected chi connectivity index (χ2v) is 6.09. The lowest BCUT2D eigenvalue weighted by Crippen LogP contribution is -2.19. The lowest BCUT2D eigenvalue weighted by atomic mass is 10.1. The maximum Gasteiger partial charge on any atom is 0.257 e. The largest absolute Gasteiger partial charge is 0.334 e. The quantitative estimate of drug-likeness (QED) is 0.729. The summed E-state index contributed by atoms with van der Waals surface area (Å²) in [5, 5.41) is 7.98. The molecule has 24 heavy (non-hydrogen) atoms. The number of hydrogen-bond acceptors (Lipinski definition) is 4. The van der Waals surface area contributed by atoms with Crippen molar-refractivity contribution in [1.82, 2.24) is 15.5 Å². The fourth-order valence-corrected chi connectivity index (χ4v) is 2.43. The Morgan fingerprint density at radius 3 is 2.67 bits per heavy atom. The number of hydrogen-bond donors (Lipinski definition) is 1. The van der Waals surface area contributed by atoms with E-state index in [9.17, 15) is 4.39 Å². The Labute approximate surface area is 144 Å². The van der Waals surface area contributed by atoms with Crippen LogP contribution in [0.5, 0.6) is 0 Å². The molecule has 1 heterocycles. The van der Waals surface area contributed by atoms with Crippen LogP contribution in [-0.2, 0) is 6.54 Å². The monoisotopic (exact) mass is 345 g/mol. The van der Waals surface area contributed by atoms with Crippen LogP contribution in [0.3, 0.4) is 0 Å². The van der Waals surface area contributed by atoms with Crippen LogP contribution >= 0.6 is 11.6 Å².